The number of hydrogen-bond acceptors (Lipinski definition) is 4. The average molecular weight is 474 g/mol. The number of fused-ring (bicyclic) bond motifs is 2. The number of carboxylic acids is 1. The zero-order valence-corrected chi connectivity index (χ0v) is 19.3. The number of benzene rings is 1. The molecule has 0 spiro atoms. The van der Waals surface area contributed by atoms with Crippen molar-refractivity contribution in [3.05, 3.63) is 83.2 Å². The molecule has 9 heteroatoms. The molecule has 5 rings (SSSR count). The SMILES string of the molecule is CCc1cc(C(=O)N2CCn3cccc3C2C)nc2cc(-c3ccc(/C=C/C(=O)O)cc3F)nn12. The summed E-state index contributed by atoms with van der Waals surface area (Å²) in [5.41, 5.74) is 3.76. The quantitative estimate of drug-likeness (QED) is 0.438. The average Bonchev–Trinajstić information content (AvgIpc) is 3.49. The Hall–Kier alpha value is -4.27. The van der Waals surface area contributed by atoms with Crippen molar-refractivity contribution in [2.45, 2.75) is 32.9 Å². The van der Waals surface area contributed by atoms with E-state index in [4.69, 9.17) is 5.11 Å². The lowest BCUT2D eigenvalue weighted by molar-refractivity contribution is -0.131. The Morgan fingerprint density at radius 2 is 2.03 bits per heavy atom. The number of amides is 1. The molecule has 1 aliphatic heterocycles. The van der Waals surface area contributed by atoms with Gasteiger partial charge in [-0.25, -0.2) is 18.7 Å². The second-order valence-corrected chi connectivity index (χ2v) is 8.50. The van der Waals surface area contributed by atoms with Crippen molar-refractivity contribution in [2.75, 3.05) is 6.54 Å². The lowest BCUT2D eigenvalue weighted by atomic mass is 10.1. The summed E-state index contributed by atoms with van der Waals surface area (Å²) in [6, 6.07) is 11.8. The van der Waals surface area contributed by atoms with E-state index in [0.29, 0.717) is 35.6 Å². The predicted octanol–water partition coefficient (Wildman–Crippen LogP) is 4.21. The van der Waals surface area contributed by atoms with Crippen LogP contribution in [0.2, 0.25) is 0 Å². The maximum Gasteiger partial charge on any atom is 0.328 e. The van der Waals surface area contributed by atoms with Crippen molar-refractivity contribution in [2.24, 2.45) is 0 Å². The van der Waals surface area contributed by atoms with Gasteiger partial charge in [0.2, 0.25) is 0 Å². The Morgan fingerprint density at radius 1 is 1.20 bits per heavy atom. The number of hydrogen-bond donors (Lipinski definition) is 1. The van der Waals surface area contributed by atoms with Gasteiger partial charge in [0.05, 0.1) is 11.7 Å². The molecule has 178 valence electrons. The topological polar surface area (TPSA) is 92.7 Å². The molecule has 4 heterocycles. The number of aromatic nitrogens is 4. The Morgan fingerprint density at radius 3 is 2.77 bits per heavy atom. The normalized spacial score (nSPS) is 15.6. The third kappa shape index (κ3) is 4.09. The first-order valence-electron chi connectivity index (χ1n) is 11.4. The van der Waals surface area contributed by atoms with Crippen molar-refractivity contribution in [3.8, 4) is 11.3 Å². The molecule has 0 saturated heterocycles. The molecule has 3 aromatic heterocycles. The number of carbonyl (C=O) groups excluding carboxylic acids is 1. The molecule has 0 saturated carbocycles. The van der Waals surface area contributed by atoms with Gasteiger partial charge in [0, 0.05) is 48.4 Å². The Bertz CT molecular complexity index is 1490. The third-order valence-corrected chi connectivity index (χ3v) is 6.37. The first kappa shape index (κ1) is 22.5. The Balaban J connectivity index is 1.50. The molecule has 0 bridgehead atoms. The van der Waals surface area contributed by atoms with Gasteiger partial charge in [-0.05, 0) is 55.3 Å². The van der Waals surface area contributed by atoms with Gasteiger partial charge in [-0.2, -0.15) is 5.10 Å². The molecule has 4 aromatic rings. The minimum atomic E-state index is -1.11. The van der Waals surface area contributed by atoms with Crippen molar-refractivity contribution in [3.63, 3.8) is 0 Å². The summed E-state index contributed by atoms with van der Waals surface area (Å²) in [6.45, 7) is 5.30. The fourth-order valence-electron chi connectivity index (χ4n) is 4.54. The summed E-state index contributed by atoms with van der Waals surface area (Å²) >= 11 is 0. The summed E-state index contributed by atoms with van der Waals surface area (Å²) in [6.07, 6.45) is 4.91. The van der Waals surface area contributed by atoms with Crippen LogP contribution in [0.25, 0.3) is 23.0 Å². The van der Waals surface area contributed by atoms with Gasteiger partial charge in [-0.15, -0.1) is 0 Å². The smallest absolute Gasteiger partial charge is 0.328 e. The molecule has 35 heavy (non-hydrogen) atoms. The molecule has 1 atom stereocenters. The lowest BCUT2D eigenvalue weighted by Crippen LogP contribution is -2.41. The first-order valence-corrected chi connectivity index (χ1v) is 11.4. The molecule has 0 fully saturated rings. The zero-order valence-electron chi connectivity index (χ0n) is 19.3. The van der Waals surface area contributed by atoms with Crippen LogP contribution in [-0.4, -0.2) is 47.6 Å². The maximum atomic E-state index is 14.8. The van der Waals surface area contributed by atoms with Gasteiger partial charge in [0.15, 0.2) is 5.65 Å². The van der Waals surface area contributed by atoms with Crippen molar-refractivity contribution in [1.29, 1.82) is 0 Å². The fourth-order valence-corrected chi connectivity index (χ4v) is 4.54. The van der Waals surface area contributed by atoms with Crippen molar-refractivity contribution in [1.82, 2.24) is 24.1 Å². The predicted molar refractivity (Wildman–Crippen MR) is 128 cm³/mol. The minimum Gasteiger partial charge on any atom is -0.478 e. The Labute approximate surface area is 200 Å². The number of carboxylic acid groups (broad SMARTS) is 1. The van der Waals surface area contributed by atoms with Crippen LogP contribution in [0.3, 0.4) is 0 Å². The highest BCUT2D eigenvalue weighted by Gasteiger charge is 2.29. The van der Waals surface area contributed by atoms with E-state index in [1.807, 2.05) is 37.1 Å². The molecule has 8 nitrogen and oxygen atoms in total. The largest absolute Gasteiger partial charge is 0.478 e. The van der Waals surface area contributed by atoms with Gasteiger partial charge < -0.3 is 14.6 Å². The van der Waals surface area contributed by atoms with E-state index in [2.05, 4.69) is 14.6 Å². The van der Waals surface area contributed by atoms with Gasteiger partial charge in [-0.1, -0.05) is 13.0 Å². The highest BCUT2D eigenvalue weighted by molar-refractivity contribution is 5.93. The van der Waals surface area contributed by atoms with E-state index in [0.717, 1.165) is 24.0 Å². The van der Waals surface area contributed by atoms with E-state index >= 15 is 0 Å². The summed E-state index contributed by atoms with van der Waals surface area (Å²) < 4.78 is 18.6. The van der Waals surface area contributed by atoms with E-state index in [-0.39, 0.29) is 17.5 Å². The van der Waals surface area contributed by atoms with Crippen LogP contribution in [0, 0.1) is 5.82 Å². The van der Waals surface area contributed by atoms with Gasteiger partial charge in [0.1, 0.15) is 11.5 Å². The summed E-state index contributed by atoms with van der Waals surface area (Å²) in [4.78, 5) is 30.6. The summed E-state index contributed by atoms with van der Waals surface area (Å²) in [5.74, 6) is -1.78. The molecular formula is C26H24FN5O3. The van der Waals surface area contributed by atoms with Gasteiger partial charge >= 0.3 is 5.97 Å². The molecule has 0 radical (unpaired) electrons. The second kappa shape index (κ2) is 8.83. The van der Waals surface area contributed by atoms with Crippen LogP contribution in [0.5, 0.6) is 0 Å². The third-order valence-electron chi connectivity index (χ3n) is 6.37. The lowest BCUT2D eigenvalue weighted by Gasteiger charge is -2.34. The molecule has 1 N–H and O–H groups in total. The maximum absolute atomic E-state index is 14.8. The van der Waals surface area contributed by atoms with E-state index in [9.17, 15) is 14.0 Å². The molecule has 1 aromatic carbocycles. The zero-order chi connectivity index (χ0) is 24.7. The molecule has 1 aliphatic rings. The highest BCUT2D eigenvalue weighted by atomic mass is 19.1. The van der Waals surface area contributed by atoms with Gasteiger partial charge in [0.25, 0.3) is 5.91 Å². The van der Waals surface area contributed by atoms with Crippen molar-refractivity contribution >= 4 is 23.6 Å². The number of nitrogens with zero attached hydrogens (tertiary/aromatic N) is 5. The van der Waals surface area contributed by atoms with Crippen LogP contribution in [0.4, 0.5) is 4.39 Å². The summed E-state index contributed by atoms with van der Waals surface area (Å²) in [5, 5.41) is 13.3. The van der Waals surface area contributed by atoms with E-state index in [1.165, 1.54) is 12.1 Å². The summed E-state index contributed by atoms with van der Waals surface area (Å²) in [7, 11) is 0. The van der Waals surface area contributed by atoms with Crippen LogP contribution >= 0.6 is 0 Å². The minimum absolute atomic E-state index is 0.0717. The number of halogens is 1. The fraction of sp³-hybridized carbons (Fsp3) is 0.231. The van der Waals surface area contributed by atoms with Crippen LogP contribution < -0.4 is 0 Å². The van der Waals surface area contributed by atoms with Gasteiger partial charge in [-0.3, -0.25) is 4.79 Å². The number of aryl methyl sites for hydroxylation is 1. The van der Waals surface area contributed by atoms with Crippen LogP contribution in [-0.2, 0) is 17.8 Å². The molecule has 1 amide bonds. The first-order chi connectivity index (χ1) is 16.9. The van der Waals surface area contributed by atoms with E-state index < -0.39 is 11.8 Å². The molecule has 0 aliphatic carbocycles. The number of aliphatic carboxylic acids is 1. The van der Waals surface area contributed by atoms with Crippen LogP contribution in [0.1, 0.15) is 47.3 Å². The van der Waals surface area contributed by atoms with Crippen molar-refractivity contribution < 1.29 is 19.1 Å². The monoisotopic (exact) mass is 473 g/mol. The molecular weight excluding hydrogens is 449 g/mol. The van der Waals surface area contributed by atoms with Crippen LogP contribution in [0.15, 0.2) is 54.7 Å². The standard InChI is InChI=1S/C26H24FN5O3/c1-3-18-14-22(26(35)31-12-11-30-10-4-5-23(30)16(31)2)28-24-15-21(29-32(18)24)19-8-6-17(13-20(19)27)7-9-25(33)34/h4-10,13-16H,3,11-12H2,1-2H3,(H,33,34)/b9-7+. The number of carbonyl (C=O) groups is 2. The highest BCUT2D eigenvalue weighted by Crippen LogP contribution is 2.28. The number of rotatable bonds is 5. The van der Waals surface area contributed by atoms with E-state index in [1.54, 1.807) is 28.8 Å². The second-order valence-electron chi connectivity index (χ2n) is 8.50. The Kier molecular flexibility index (Phi) is 5.68. The molecule has 1 unspecified atom stereocenters.